The summed E-state index contributed by atoms with van der Waals surface area (Å²) < 4.78 is 0. The predicted molar refractivity (Wildman–Crippen MR) is 63.9 cm³/mol. The number of hydrogen-bond donors (Lipinski definition) is 3. The van der Waals surface area contributed by atoms with E-state index in [9.17, 15) is 4.79 Å². The SMILES string of the molecule is CC12CN3CCN(CC(=C1NNC(N)=O)C3)C2. The van der Waals surface area contributed by atoms with E-state index in [1.165, 1.54) is 11.3 Å². The summed E-state index contributed by atoms with van der Waals surface area (Å²) in [4.78, 5) is 15.8. The molecule has 4 heterocycles. The fourth-order valence-corrected chi connectivity index (χ4v) is 3.44. The predicted octanol–water partition coefficient (Wildman–Crippen LogP) is -0.935. The number of primary amides is 1. The molecule has 2 amide bonds. The molecule has 4 N–H and O–H groups in total. The van der Waals surface area contributed by atoms with Gasteiger partial charge < -0.3 is 11.2 Å². The smallest absolute Gasteiger partial charge is 0.330 e. The molecule has 4 aliphatic rings. The Morgan fingerprint density at radius 2 is 1.88 bits per heavy atom. The minimum absolute atomic E-state index is 0.0881. The maximum atomic E-state index is 10.8. The third-order valence-electron chi connectivity index (χ3n) is 3.97. The lowest BCUT2D eigenvalue weighted by atomic mass is 9.78. The highest BCUT2D eigenvalue weighted by Crippen LogP contribution is 2.39. The number of nitrogens with one attached hydrogen (secondary N) is 2. The maximum Gasteiger partial charge on any atom is 0.330 e. The molecule has 0 aromatic rings. The van der Waals surface area contributed by atoms with Crippen LogP contribution in [0.25, 0.3) is 0 Å². The van der Waals surface area contributed by atoms with Crippen LogP contribution >= 0.6 is 0 Å². The Kier molecular flexibility index (Phi) is 2.31. The number of urea groups is 1. The van der Waals surface area contributed by atoms with Crippen molar-refractivity contribution in [3.63, 3.8) is 0 Å². The molecule has 0 aromatic carbocycles. The normalized spacial score (nSPS) is 39.1. The molecule has 0 aliphatic carbocycles. The van der Waals surface area contributed by atoms with E-state index in [4.69, 9.17) is 5.73 Å². The van der Waals surface area contributed by atoms with Gasteiger partial charge in [-0.3, -0.25) is 15.2 Å². The highest BCUT2D eigenvalue weighted by Gasteiger charge is 2.45. The largest absolute Gasteiger partial charge is 0.350 e. The standard InChI is InChI=1S/C11H19N5O/c1-11-6-15-2-3-16(7-11)5-8(4-15)9(11)13-14-10(12)17/h13H,2-7H2,1H3,(H3,12,14,17). The molecule has 2 unspecified atom stereocenters. The third-order valence-corrected chi connectivity index (χ3v) is 3.97. The van der Waals surface area contributed by atoms with Crippen LogP contribution in [0, 0.1) is 5.41 Å². The molecule has 4 aliphatic heterocycles. The molecule has 94 valence electrons. The summed E-state index contributed by atoms with van der Waals surface area (Å²) in [5, 5.41) is 0. The van der Waals surface area contributed by atoms with Crippen LogP contribution in [-0.2, 0) is 0 Å². The number of carbonyl (C=O) groups excluding carboxylic acids is 1. The van der Waals surface area contributed by atoms with Gasteiger partial charge in [-0.25, -0.2) is 4.79 Å². The Bertz CT molecular complexity index is 373. The average molecular weight is 237 g/mol. The van der Waals surface area contributed by atoms with Crippen LogP contribution in [0.2, 0.25) is 0 Å². The Balaban J connectivity index is 1.90. The van der Waals surface area contributed by atoms with E-state index in [0.717, 1.165) is 39.3 Å². The van der Waals surface area contributed by atoms with Crippen molar-refractivity contribution in [2.24, 2.45) is 11.1 Å². The number of rotatable bonds is 2. The second-order valence-electron chi connectivity index (χ2n) is 5.57. The topological polar surface area (TPSA) is 73.6 Å². The van der Waals surface area contributed by atoms with Crippen molar-refractivity contribution in [3.8, 4) is 0 Å². The van der Waals surface area contributed by atoms with Gasteiger partial charge in [0.15, 0.2) is 0 Å². The zero-order chi connectivity index (χ0) is 12.0. The molecule has 2 atom stereocenters. The molecule has 17 heavy (non-hydrogen) atoms. The van der Waals surface area contributed by atoms with Gasteiger partial charge in [-0.15, -0.1) is 0 Å². The minimum atomic E-state index is -0.533. The summed E-state index contributed by atoms with van der Waals surface area (Å²) in [5.41, 5.74) is 13.3. The van der Waals surface area contributed by atoms with Gasteiger partial charge in [0.25, 0.3) is 0 Å². The van der Waals surface area contributed by atoms with E-state index >= 15 is 0 Å². The Labute approximate surface area is 101 Å². The monoisotopic (exact) mass is 237 g/mol. The first-order valence-corrected chi connectivity index (χ1v) is 6.05. The van der Waals surface area contributed by atoms with Crippen molar-refractivity contribution in [2.45, 2.75) is 6.92 Å². The number of carbonyl (C=O) groups is 1. The van der Waals surface area contributed by atoms with E-state index in [2.05, 4.69) is 27.6 Å². The fourth-order valence-electron chi connectivity index (χ4n) is 3.44. The Hall–Kier alpha value is -1.27. The molecule has 2 saturated heterocycles. The molecule has 0 aromatic heterocycles. The first kappa shape index (κ1) is 10.9. The molecule has 4 rings (SSSR count). The highest BCUT2D eigenvalue weighted by atomic mass is 16.2. The fraction of sp³-hybridized carbons (Fsp3) is 0.727. The van der Waals surface area contributed by atoms with Gasteiger partial charge in [0.05, 0.1) is 0 Å². The molecule has 6 nitrogen and oxygen atoms in total. The molecular weight excluding hydrogens is 218 g/mol. The van der Waals surface area contributed by atoms with Crippen LogP contribution in [0.3, 0.4) is 0 Å². The number of nitrogens with two attached hydrogens (primary N) is 1. The van der Waals surface area contributed by atoms with E-state index in [-0.39, 0.29) is 5.41 Å². The third kappa shape index (κ3) is 1.77. The van der Waals surface area contributed by atoms with Gasteiger partial charge in [-0.1, -0.05) is 6.92 Å². The van der Waals surface area contributed by atoms with Gasteiger partial charge in [-0.2, -0.15) is 0 Å². The number of fused-ring (bicyclic) bond motifs is 1. The van der Waals surface area contributed by atoms with Gasteiger partial charge in [0.1, 0.15) is 0 Å². The van der Waals surface area contributed by atoms with Crippen molar-refractivity contribution in [2.75, 3.05) is 39.3 Å². The van der Waals surface area contributed by atoms with E-state index in [0.29, 0.717) is 0 Å². The van der Waals surface area contributed by atoms with Gasteiger partial charge in [0.2, 0.25) is 0 Å². The van der Waals surface area contributed by atoms with Crippen LogP contribution in [0.1, 0.15) is 6.92 Å². The number of hydrazine groups is 1. The molecule has 6 heteroatoms. The summed E-state index contributed by atoms with van der Waals surface area (Å²) in [6.07, 6.45) is 0. The lowest BCUT2D eigenvalue weighted by Gasteiger charge is -2.46. The average Bonchev–Trinajstić information content (AvgIpc) is 2.44. The van der Waals surface area contributed by atoms with Crippen molar-refractivity contribution < 1.29 is 4.79 Å². The van der Waals surface area contributed by atoms with Gasteiger partial charge in [0, 0.05) is 50.4 Å². The van der Waals surface area contributed by atoms with Crippen molar-refractivity contribution in [1.82, 2.24) is 20.7 Å². The van der Waals surface area contributed by atoms with Gasteiger partial charge >= 0.3 is 6.03 Å². The summed E-state index contributed by atoms with van der Waals surface area (Å²) in [6.45, 7) is 8.67. The van der Waals surface area contributed by atoms with Crippen molar-refractivity contribution in [3.05, 3.63) is 11.3 Å². The zero-order valence-corrected chi connectivity index (χ0v) is 10.1. The molecule has 4 bridgehead atoms. The Morgan fingerprint density at radius 1 is 1.29 bits per heavy atom. The number of amides is 2. The summed E-state index contributed by atoms with van der Waals surface area (Å²) in [5.74, 6) is 0. The van der Waals surface area contributed by atoms with Crippen molar-refractivity contribution in [1.29, 1.82) is 0 Å². The quantitative estimate of drug-likeness (QED) is 0.542. The molecular formula is C11H19N5O. The van der Waals surface area contributed by atoms with E-state index in [1.807, 2.05) is 0 Å². The molecule has 0 radical (unpaired) electrons. The second kappa shape index (κ2) is 3.61. The Morgan fingerprint density at radius 3 is 2.35 bits per heavy atom. The zero-order valence-electron chi connectivity index (χ0n) is 10.1. The lowest BCUT2D eigenvalue weighted by Crippen LogP contribution is -2.56. The summed E-state index contributed by atoms with van der Waals surface area (Å²) >= 11 is 0. The molecule has 2 fully saturated rings. The van der Waals surface area contributed by atoms with Crippen LogP contribution in [-0.4, -0.2) is 55.1 Å². The van der Waals surface area contributed by atoms with Crippen LogP contribution < -0.4 is 16.6 Å². The van der Waals surface area contributed by atoms with Gasteiger partial charge in [-0.05, 0) is 5.57 Å². The lowest BCUT2D eigenvalue weighted by molar-refractivity contribution is 0.147. The molecule has 0 spiro atoms. The number of nitrogens with zero attached hydrogens (tertiary/aromatic N) is 2. The summed E-state index contributed by atoms with van der Waals surface area (Å²) in [7, 11) is 0. The first-order valence-electron chi connectivity index (χ1n) is 6.05. The van der Waals surface area contributed by atoms with Crippen molar-refractivity contribution >= 4 is 6.03 Å². The van der Waals surface area contributed by atoms with E-state index in [1.54, 1.807) is 0 Å². The maximum absolute atomic E-state index is 10.8. The van der Waals surface area contributed by atoms with Crippen LogP contribution in [0.4, 0.5) is 4.79 Å². The highest BCUT2D eigenvalue weighted by molar-refractivity contribution is 5.71. The summed E-state index contributed by atoms with van der Waals surface area (Å²) in [6, 6.07) is -0.533. The first-order chi connectivity index (χ1) is 8.07. The number of hydrogen-bond acceptors (Lipinski definition) is 4. The molecule has 0 saturated carbocycles. The second-order valence-corrected chi connectivity index (χ2v) is 5.57. The van der Waals surface area contributed by atoms with E-state index < -0.39 is 6.03 Å². The van der Waals surface area contributed by atoms with Crippen LogP contribution in [0.5, 0.6) is 0 Å². The minimum Gasteiger partial charge on any atom is -0.350 e. The van der Waals surface area contributed by atoms with Crippen LogP contribution in [0.15, 0.2) is 11.3 Å².